The molecular weight excluding hydrogens is 240 g/mol. The van der Waals surface area contributed by atoms with Gasteiger partial charge in [0.2, 0.25) is 0 Å². The number of hydrogen-bond donors (Lipinski definition) is 1. The lowest BCUT2D eigenvalue weighted by Crippen LogP contribution is -2.10. The van der Waals surface area contributed by atoms with E-state index in [4.69, 9.17) is 10.5 Å². The van der Waals surface area contributed by atoms with Crippen LogP contribution in [0, 0.1) is 0 Å². The molecule has 19 heavy (non-hydrogen) atoms. The molecule has 0 saturated heterocycles. The molecule has 1 unspecified atom stereocenters. The Balaban J connectivity index is 2.13. The summed E-state index contributed by atoms with van der Waals surface area (Å²) in [6, 6.07) is 7.71. The van der Waals surface area contributed by atoms with Crippen LogP contribution < -0.4 is 10.5 Å². The van der Waals surface area contributed by atoms with Crippen LogP contribution in [0.2, 0.25) is 0 Å². The summed E-state index contributed by atoms with van der Waals surface area (Å²) in [4.78, 5) is 0. The van der Waals surface area contributed by atoms with E-state index < -0.39 is 0 Å². The molecule has 0 saturated carbocycles. The third-order valence-electron chi connectivity index (χ3n) is 2.90. The second kappa shape index (κ2) is 6.33. The molecule has 1 aromatic carbocycles. The molecule has 1 atom stereocenters. The summed E-state index contributed by atoms with van der Waals surface area (Å²) in [6.07, 6.45) is 3.84. The van der Waals surface area contributed by atoms with Crippen LogP contribution in [-0.2, 0) is 0 Å². The Morgan fingerprint density at radius 2 is 2.00 bits per heavy atom. The molecular formula is C14H20N4O. The van der Waals surface area contributed by atoms with Crippen molar-refractivity contribution in [2.24, 2.45) is 5.73 Å². The fourth-order valence-electron chi connectivity index (χ4n) is 1.89. The smallest absolute Gasteiger partial charge is 0.119 e. The SMILES string of the molecule is CCCC(N)c1cn(-c2ccc(OCC)cc2)nn1. The fraction of sp³-hybridized carbons (Fsp3) is 0.429. The van der Waals surface area contributed by atoms with Crippen LogP contribution in [-0.4, -0.2) is 21.6 Å². The van der Waals surface area contributed by atoms with E-state index in [2.05, 4.69) is 17.2 Å². The predicted molar refractivity (Wildman–Crippen MR) is 74.4 cm³/mol. The standard InChI is InChI=1S/C14H20N4O/c1-3-5-13(15)14-10-18(17-16-14)11-6-8-12(9-7-11)19-4-2/h6-10,13H,3-5,15H2,1-2H3. The molecule has 0 spiro atoms. The van der Waals surface area contributed by atoms with E-state index in [-0.39, 0.29) is 6.04 Å². The molecule has 2 rings (SSSR count). The predicted octanol–water partition coefficient (Wildman–Crippen LogP) is 2.47. The zero-order valence-electron chi connectivity index (χ0n) is 11.4. The Kier molecular flexibility index (Phi) is 4.52. The lowest BCUT2D eigenvalue weighted by Gasteiger charge is -2.05. The summed E-state index contributed by atoms with van der Waals surface area (Å²) in [5, 5.41) is 8.24. The third kappa shape index (κ3) is 3.32. The van der Waals surface area contributed by atoms with E-state index in [1.165, 1.54) is 0 Å². The number of nitrogens with zero attached hydrogens (tertiary/aromatic N) is 3. The second-order valence-electron chi connectivity index (χ2n) is 4.41. The van der Waals surface area contributed by atoms with Gasteiger partial charge in [0, 0.05) is 0 Å². The maximum absolute atomic E-state index is 6.02. The zero-order chi connectivity index (χ0) is 13.7. The van der Waals surface area contributed by atoms with Crippen molar-refractivity contribution in [3.63, 3.8) is 0 Å². The molecule has 0 radical (unpaired) electrons. The third-order valence-corrected chi connectivity index (χ3v) is 2.90. The first-order valence-electron chi connectivity index (χ1n) is 6.65. The summed E-state index contributed by atoms with van der Waals surface area (Å²) < 4.78 is 7.14. The first kappa shape index (κ1) is 13.5. The maximum atomic E-state index is 6.02. The van der Waals surface area contributed by atoms with E-state index in [0.717, 1.165) is 30.0 Å². The van der Waals surface area contributed by atoms with Gasteiger partial charge in [-0.05, 0) is 37.6 Å². The van der Waals surface area contributed by atoms with Gasteiger partial charge in [-0.25, -0.2) is 4.68 Å². The summed E-state index contributed by atoms with van der Waals surface area (Å²) in [6.45, 7) is 4.74. The van der Waals surface area contributed by atoms with Crippen LogP contribution >= 0.6 is 0 Å². The largest absolute Gasteiger partial charge is 0.494 e. The molecule has 0 aliphatic heterocycles. The Morgan fingerprint density at radius 1 is 1.26 bits per heavy atom. The van der Waals surface area contributed by atoms with Crippen LogP contribution in [0.4, 0.5) is 0 Å². The molecule has 0 amide bonds. The molecule has 2 aromatic rings. The number of hydrogen-bond acceptors (Lipinski definition) is 4. The molecule has 102 valence electrons. The first-order valence-corrected chi connectivity index (χ1v) is 6.65. The first-order chi connectivity index (χ1) is 9.24. The van der Waals surface area contributed by atoms with Crippen molar-refractivity contribution in [1.29, 1.82) is 0 Å². The highest BCUT2D eigenvalue weighted by molar-refractivity contribution is 5.36. The Morgan fingerprint density at radius 3 is 2.63 bits per heavy atom. The molecule has 5 heteroatoms. The normalized spacial score (nSPS) is 12.4. The number of ether oxygens (including phenoxy) is 1. The van der Waals surface area contributed by atoms with Crippen molar-refractivity contribution in [3.05, 3.63) is 36.2 Å². The van der Waals surface area contributed by atoms with Crippen molar-refractivity contribution in [2.45, 2.75) is 32.7 Å². The van der Waals surface area contributed by atoms with Gasteiger partial charge in [-0.15, -0.1) is 5.10 Å². The fourth-order valence-corrected chi connectivity index (χ4v) is 1.89. The molecule has 1 heterocycles. The Labute approximate surface area is 113 Å². The molecule has 0 aliphatic carbocycles. The van der Waals surface area contributed by atoms with Crippen molar-refractivity contribution in [2.75, 3.05) is 6.61 Å². The molecule has 0 bridgehead atoms. The minimum atomic E-state index is -0.0403. The monoisotopic (exact) mass is 260 g/mol. The second-order valence-corrected chi connectivity index (χ2v) is 4.41. The highest BCUT2D eigenvalue weighted by atomic mass is 16.5. The van der Waals surface area contributed by atoms with Crippen molar-refractivity contribution in [1.82, 2.24) is 15.0 Å². The highest BCUT2D eigenvalue weighted by Gasteiger charge is 2.10. The van der Waals surface area contributed by atoms with Crippen molar-refractivity contribution in [3.8, 4) is 11.4 Å². The van der Waals surface area contributed by atoms with Gasteiger partial charge in [0.1, 0.15) is 5.75 Å². The maximum Gasteiger partial charge on any atom is 0.119 e. The van der Waals surface area contributed by atoms with Gasteiger partial charge in [0.05, 0.1) is 30.2 Å². The number of rotatable bonds is 6. The quantitative estimate of drug-likeness (QED) is 0.866. The summed E-state index contributed by atoms with van der Waals surface area (Å²) in [5.41, 5.74) is 7.80. The number of benzene rings is 1. The van der Waals surface area contributed by atoms with Gasteiger partial charge in [-0.3, -0.25) is 0 Å². The molecule has 2 N–H and O–H groups in total. The van der Waals surface area contributed by atoms with Crippen LogP contribution in [0.3, 0.4) is 0 Å². The van der Waals surface area contributed by atoms with Gasteiger partial charge in [-0.2, -0.15) is 0 Å². The van der Waals surface area contributed by atoms with Crippen LogP contribution in [0.25, 0.3) is 5.69 Å². The van der Waals surface area contributed by atoms with Gasteiger partial charge in [0.15, 0.2) is 0 Å². The van der Waals surface area contributed by atoms with Gasteiger partial charge < -0.3 is 10.5 Å². The van der Waals surface area contributed by atoms with Crippen molar-refractivity contribution >= 4 is 0 Å². The van der Waals surface area contributed by atoms with Crippen LogP contribution in [0.5, 0.6) is 5.75 Å². The van der Waals surface area contributed by atoms with E-state index in [9.17, 15) is 0 Å². The number of aromatic nitrogens is 3. The minimum absolute atomic E-state index is 0.0403. The minimum Gasteiger partial charge on any atom is -0.494 e. The summed E-state index contributed by atoms with van der Waals surface area (Å²) in [5.74, 6) is 0.856. The molecule has 0 fully saturated rings. The number of nitrogens with two attached hydrogens (primary N) is 1. The van der Waals surface area contributed by atoms with E-state index in [1.54, 1.807) is 4.68 Å². The lowest BCUT2D eigenvalue weighted by atomic mass is 10.1. The van der Waals surface area contributed by atoms with E-state index >= 15 is 0 Å². The van der Waals surface area contributed by atoms with Crippen molar-refractivity contribution < 1.29 is 4.74 Å². The molecule has 1 aromatic heterocycles. The molecule has 5 nitrogen and oxygen atoms in total. The Bertz CT molecular complexity index is 506. The van der Waals surface area contributed by atoms with Gasteiger partial charge in [0.25, 0.3) is 0 Å². The Hall–Kier alpha value is -1.88. The zero-order valence-corrected chi connectivity index (χ0v) is 11.4. The molecule has 0 aliphatic rings. The van der Waals surface area contributed by atoms with E-state index in [1.807, 2.05) is 37.4 Å². The van der Waals surface area contributed by atoms with Crippen LogP contribution in [0.15, 0.2) is 30.5 Å². The average molecular weight is 260 g/mol. The average Bonchev–Trinajstić information content (AvgIpc) is 2.90. The lowest BCUT2D eigenvalue weighted by molar-refractivity contribution is 0.340. The van der Waals surface area contributed by atoms with E-state index in [0.29, 0.717) is 6.61 Å². The summed E-state index contributed by atoms with van der Waals surface area (Å²) >= 11 is 0. The van der Waals surface area contributed by atoms with Gasteiger partial charge >= 0.3 is 0 Å². The highest BCUT2D eigenvalue weighted by Crippen LogP contribution is 2.17. The van der Waals surface area contributed by atoms with Crippen LogP contribution in [0.1, 0.15) is 38.4 Å². The topological polar surface area (TPSA) is 66.0 Å². The summed E-state index contributed by atoms with van der Waals surface area (Å²) in [7, 11) is 0. The van der Waals surface area contributed by atoms with Gasteiger partial charge in [-0.1, -0.05) is 18.6 Å².